The minimum atomic E-state index is -0.501. The third-order valence-corrected chi connectivity index (χ3v) is 8.18. The molecule has 1 N–H and O–H groups in total. The maximum Gasteiger partial charge on any atom is 0.162 e. The molecule has 194 valence electrons. The summed E-state index contributed by atoms with van der Waals surface area (Å²) in [5.74, 6) is -0.0168. The van der Waals surface area contributed by atoms with Gasteiger partial charge < -0.3 is 10.1 Å². The number of dihydropyridines is 1. The number of ketones is 2. The molecule has 0 unspecified atom stereocenters. The van der Waals surface area contributed by atoms with Crippen molar-refractivity contribution < 1.29 is 14.3 Å². The van der Waals surface area contributed by atoms with Gasteiger partial charge in [-0.15, -0.1) is 0 Å². The summed E-state index contributed by atoms with van der Waals surface area (Å²) in [5, 5.41) is 4.86. The van der Waals surface area contributed by atoms with E-state index in [0.29, 0.717) is 44.8 Å². The quantitative estimate of drug-likeness (QED) is 0.411. The van der Waals surface area contributed by atoms with Crippen molar-refractivity contribution in [2.75, 3.05) is 0 Å². The zero-order valence-corrected chi connectivity index (χ0v) is 23.7. The molecule has 2 aliphatic carbocycles. The highest BCUT2D eigenvalue weighted by atomic mass is 35.5. The molecule has 2 aromatic rings. The number of carbonyl (C=O) groups is 2. The van der Waals surface area contributed by atoms with E-state index in [1.54, 1.807) is 24.3 Å². The van der Waals surface area contributed by atoms with E-state index < -0.39 is 5.92 Å². The van der Waals surface area contributed by atoms with E-state index in [4.69, 9.17) is 39.5 Å². The Kier molecular flexibility index (Phi) is 6.75. The second-order valence-electron chi connectivity index (χ2n) is 12.0. The molecule has 3 aliphatic rings. The molecule has 0 radical (unpaired) electrons. The van der Waals surface area contributed by atoms with Crippen LogP contribution in [0.4, 0.5) is 0 Å². The molecule has 7 heteroatoms. The molecular formula is C30H30Cl3NO3. The van der Waals surface area contributed by atoms with Crippen molar-refractivity contribution in [1.82, 2.24) is 5.32 Å². The summed E-state index contributed by atoms with van der Waals surface area (Å²) in [5.41, 5.74) is 4.48. The second kappa shape index (κ2) is 9.48. The lowest BCUT2D eigenvalue weighted by atomic mass is 9.64. The molecule has 0 spiro atoms. The molecule has 5 rings (SSSR count). The van der Waals surface area contributed by atoms with Gasteiger partial charge in [-0.25, -0.2) is 0 Å². The number of allylic oxidation sites excluding steroid dienone is 4. The highest BCUT2D eigenvalue weighted by molar-refractivity contribution is 6.37. The van der Waals surface area contributed by atoms with Gasteiger partial charge in [-0.05, 0) is 59.1 Å². The summed E-state index contributed by atoms with van der Waals surface area (Å²) in [6.45, 7) is 8.68. The lowest BCUT2D eigenvalue weighted by molar-refractivity contribution is -0.119. The molecule has 37 heavy (non-hydrogen) atoms. The zero-order chi connectivity index (χ0) is 26.7. The molecule has 0 saturated carbocycles. The van der Waals surface area contributed by atoms with Gasteiger partial charge in [0.15, 0.2) is 17.3 Å². The van der Waals surface area contributed by atoms with Gasteiger partial charge in [0.2, 0.25) is 0 Å². The van der Waals surface area contributed by atoms with E-state index in [0.717, 1.165) is 35.4 Å². The van der Waals surface area contributed by atoms with Crippen LogP contribution in [0.25, 0.3) is 0 Å². The highest BCUT2D eigenvalue weighted by Gasteiger charge is 2.46. The predicted molar refractivity (Wildman–Crippen MR) is 148 cm³/mol. The first-order valence-corrected chi connectivity index (χ1v) is 13.6. The SMILES string of the molecule is CC1(C)CC(=O)C2=C(C1)NC1=C(C(=O)CC(C)(C)C1)C2c1cc(Cl)c(OCc2ccc(Cl)cc2)c(Cl)c1. The molecule has 2 aromatic carbocycles. The van der Waals surface area contributed by atoms with E-state index in [-0.39, 0.29) is 29.0 Å². The normalized spacial score (nSPS) is 20.9. The Labute approximate surface area is 233 Å². The fourth-order valence-corrected chi connectivity index (χ4v) is 6.58. The number of hydrogen-bond donors (Lipinski definition) is 1. The Morgan fingerprint density at radius 1 is 0.811 bits per heavy atom. The average Bonchev–Trinajstić information content (AvgIpc) is 2.76. The fraction of sp³-hybridized carbons (Fsp3) is 0.400. The smallest absolute Gasteiger partial charge is 0.162 e. The third kappa shape index (κ3) is 5.21. The van der Waals surface area contributed by atoms with Crippen LogP contribution in [0.15, 0.2) is 58.9 Å². The molecular weight excluding hydrogens is 529 g/mol. The van der Waals surface area contributed by atoms with Gasteiger partial charge in [-0.1, -0.05) is 74.6 Å². The number of benzene rings is 2. The van der Waals surface area contributed by atoms with Crippen molar-refractivity contribution in [3.8, 4) is 5.75 Å². The molecule has 4 nitrogen and oxygen atoms in total. The van der Waals surface area contributed by atoms with Gasteiger partial charge in [0.1, 0.15) is 6.61 Å². The zero-order valence-electron chi connectivity index (χ0n) is 21.4. The van der Waals surface area contributed by atoms with E-state index >= 15 is 0 Å². The number of carbonyl (C=O) groups excluding carboxylic acids is 2. The van der Waals surface area contributed by atoms with Gasteiger partial charge in [0.05, 0.1) is 10.0 Å². The van der Waals surface area contributed by atoms with Gasteiger partial charge in [0.25, 0.3) is 0 Å². The van der Waals surface area contributed by atoms with Crippen LogP contribution in [-0.2, 0) is 16.2 Å². The van der Waals surface area contributed by atoms with Crippen LogP contribution < -0.4 is 10.1 Å². The Balaban J connectivity index is 1.56. The van der Waals surface area contributed by atoms with Gasteiger partial charge >= 0.3 is 0 Å². The van der Waals surface area contributed by atoms with Crippen LogP contribution in [0.2, 0.25) is 15.1 Å². The van der Waals surface area contributed by atoms with Crippen LogP contribution in [-0.4, -0.2) is 11.6 Å². The summed E-state index contributed by atoms with van der Waals surface area (Å²) >= 11 is 19.4. The first-order chi connectivity index (χ1) is 17.3. The minimum Gasteiger partial charge on any atom is -0.486 e. The molecule has 1 heterocycles. The van der Waals surface area contributed by atoms with Crippen molar-refractivity contribution >= 4 is 46.4 Å². The van der Waals surface area contributed by atoms with Crippen molar-refractivity contribution in [1.29, 1.82) is 0 Å². The van der Waals surface area contributed by atoms with Gasteiger partial charge in [-0.2, -0.15) is 0 Å². The standard InChI is InChI=1S/C30H30Cl3NO3/c1-29(2)11-21-26(23(35)13-29)25(27-22(34-21)12-30(3,4)14-24(27)36)17-9-19(32)28(20(33)10-17)37-15-16-5-7-18(31)8-6-16/h5-10,25,34H,11-15H2,1-4H3. The Morgan fingerprint density at radius 2 is 1.30 bits per heavy atom. The number of halogens is 3. The van der Waals surface area contributed by atoms with Crippen LogP contribution in [0, 0.1) is 10.8 Å². The molecule has 0 aromatic heterocycles. The van der Waals surface area contributed by atoms with Crippen LogP contribution in [0.5, 0.6) is 5.75 Å². The van der Waals surface area contributed by atoms with Gasteiger partial charge in [0, 0.05) is 46.3 Å². The van der Waals surface area contributed by atoms with E-state index in [1.165, 1.54) is 0 Å². The Bertz CT molecular complexity index is 1290. The molecule has 0 atom stereocenters. The Hall–Kier alpha value is -2.27. The fourth-order valence-electron chi connectivity index (χ4n) is 5.84. The van der Waals surface area contributed by atoms with Crippen molar-refractivity contribution in [3.63, 3.8) is 0 Å². The largest absolute Gasteiger partial charge is 0.486 e. The van der Waals surface area contributed by atoms with Crippen LogP contribution in [0.3, 0.4) is 0 Å². The Morgan fingerprint density at radius 3 is 1.78 bits per heavy atom. The topological polar surface area (TPSA) is 55.4 Å². The lowest BCUT2D eigenvalue weighted by Gasteiger charge is -2.44. The second-order valence-corrected chi connectivity index (χ2v) is 13.2. The number of hydrogen-bond acceptors (Lipinski definition) is 4. The monoisotopic (exact) mass is 557 g/mol. The van der Waals surface area contributed by atoms with Crippen molar-refractivity contribution in [2.45, 2.75) is 65.9 Å². The number of rotatable bonds is 4. The van der Waals surface area contributed by atoms with E-state index in [9.17, 15) is 9.59 Å². The number of ether oxygens (including phenoxy) is 1. The van der Waals surface area contributed by atoms with Crippen LogP contribution >= 0.6 is 34.8 Å². The molecule has 0 fully saturated rings. The lowest BCUT2D eigenvalue weighted by Crippen LogP contribution is -2.42. The predicted octanol–water partition coefficient (Wildman–Crippen LogP) is 8.20. The molecule has 1 aliphatic heterocycles. The minimum absolute atomic E-state index is 0.0586. The third-order valence-electron chi connectivity index (χ3n) is 7.37. The van der Waals surface area contributed by atoms with Gasteiger partial charge in [-0.3, -0.25) is 9.59 Å². The maximum absolute atomic E-state index is 13.5. The summed E-state index contributed by atoms with van der Waals surface area (Å²) in [6, 6.07) is 10.9. The summed E-state index contributed by atoms with van der Waals surface area (Å²) in [6.07, 6.45) is 2.32. The summed E-state index contributed by atoms with van der Waals surface area (Å²) in [4.78, 5) is 27.0. The average molecular weight is 559 g/mol. The first kappa shape index (κ1) is 26.3. The van der Waals surface area contributed by atoms with E-state index in [2.05, 4.69) is 33.0 Å². The summed E-state index contributed by atoms with van der Waals surface area (Å²) in [7, 11) is 0. The van der Waals surface area contributed by atoms with Crippen molar-refractivity contribution in [2.24, 2.45) is 10.8 Å². The number of Topliss-reactive ketones (excluding diaryl/α,β-unsaturated/α-hetero) is 2. The summed E-state index contributed by atoms with van der Waals surface area (Å²) < 4.78 is 5.97. The molecule has 0 bridgehead atoms. The highest BCUT2D eigenvalue weighted by Crippen LogP contribution is 2.52. The number of nitrogens with one attached hydrogen (secondary N) is 1. The van der Waals surface area contributed by atoms with Crippen molar-refractivity contribution in [3.05, 3.63) is 85.1 Å². The molecule has 0 amide bonds. The first-order valence-electron chi connectivity index (χ1n) is 12.5. The van der Waals surface area contributed by atoms with E-state index in [1.807, 2.05) is 12.1 Å². The molecule has 0 saturated heterocycles. The van der Waals surface area contributed by atoms with Crippen LogP contribution in [0.1, 0.15) is 70.4 Å². The maximum atomic E-state index is 13.5.